The highest BCUT2D eigenvalue weighted by molar-refractivity contribution is 5.65. The van der Waals surface area contributed by atoms with E-state index >= 15 is 0 Å². The van der Waals surface area contributed by atoms with Crippen LogP contribution in [0.25, 0.3) is 0 Å². The third kappa shape index (κ3) is 3.66. The van der Waals surface area contributed by atoms with Crippen LogP contribution in [0.1, 0.15) is 32.6 Å². The first-order valence-corrected chi connectivity index (χ1v) is 6.66. The Hall–Kier alpha value is -2.18. The van der Waals surface area contributed by atoms with Crippen LogP contribution in [0.3, 0.4) is 0 Å². The van der Waals surface area contributed by atoms with E-state index in [9.17, 15) is 20.2 Å². The van der Waals surface area contributed by atoms with Crippen molar-refractivity contribution in [3.8, 4) is 0 Å². The topological polar surface area (TPSA) is 98.3 Å². The van der Waals surface area contributed by atoms with Gasteiger partial charge in [-0.15, -0.1) is 0 Å². The van der Waals surface area contributed by atoms with Gasteiger partial charge in [0.25, 0.3) is 11.4 Å². The summed E-state index contributed by atoms with van der Waals surface area (Å²) in [7, 11) is 0. The molecule has 1 aromatic rings. The third-order valence-electron chi connectivity index (χ3n) is 3.50. The predicted molar refractivity (Wildman–Crippen MR) is 74.8 cm³/mol. The van der Waals surface area contributed by atoms with Crippen LogP contribution in [0.4, 0.5) is 17.1 Å². The second-order valence-electron chi connectivity index (χ2n) is 5.28. The van der Waals surface area contributed by atoms with Crippen molar-refractivity contribution in [2.75, 3.05) is 5.32 Å². The molecule has 0 heterocycles. The zero-order chi connectivity index (χ0) is 14.7. The second-order valence-corrected chi connectivity index (χ2v) is 5.28. The zero-order valence-electron chi connectivity index (χ0n) is 11.2. The zero-order valence-corrected chi connectivity index (χ0v) is 11.2. The van der Waals surface area contributed by atoms with Crippen LogP contribution in [0.2, 0.25) is 0 Å². The molecule has 2 rings (SSSR count). The van der Waals surface area contributed by atoms with Gasteiger partial charge in [0, 0.05) is 12.1 Å². The number of benzene rings is 1. The van der Waals surface area contributed by atoms with E-state index in [1.54, 1.807) is 0 Å². The maximum Gasteiger partial charge on any atom is 0.299 e. The molecule has 1 aliphatic rings. The summed E-state index contributed by atoms with van der Waals surface area (Å²) in [6.45, 7) is 1.97. The average molecular weight is 279 g/mol. The number of hydrogen-bond donors (Lipinski definition) is 1. The highest BCUT2D eigenvalue weighted by atomic mass is 16.6. The van der Waals surface area contributed by atoms with Gasteiger partial charge in [-0.05, 0) is 31.7 Å². The Morgan fingerprint density at radius 3 is 2.55 bits per heavy atom. The van der Waals surface area contributed by atoms with Gasteiger partial charge in [-0.25, -0.2) is 0 Å². The molecule has 0 spiro atoms. The number of nitro benzene ring substituents is 2. The van der Waals surface area contributed by atoms with E-state index in [4.69, 9.17) is 0 Å². The quantitative estimate of drug-likeness (QED) is 0.608. The Morgan fingerprint density at radius 1 is 1.30 bits per heavy atom. The first-order valence-electron chi connectivity index (χ1n) is 6.66. The molecule has 1 aliphatic carbocycles. The van der Waals surface area contributed by atoms with E-state index in [0.29, 0.717) is 5.69 Å². The van der Waals surface area contributed by atoms with Crippen LogP contribution in [0.5, 0.6) is 0 Å². The number of non-ortho nitro benzene ring substituents is 1. The summed E-state index contributed by atoms with van der Waals surface area (Å²) < 4.78 is 0. The number of hydrogen-bond acceptors (Lipinski definition) is 5. The number of anilines is 1. The fourth-order valence-electron chi connectivity index (χ4n) is 2.14. The maximum absolute atomic E-state index is 11.0. The van der Waals surface area contributed by atoms with Crippen LogP contribution in [0.15, 0.2) is 18.2 Å². The van der Waals surface area contributed by atoms with Gasteiger partial charge in [-0.1, -0.05) is 12.8 Å². The Labute approximate surface area is 116 Å². The van der Waals surface area contributed by atoms with E-state index in [0.717, 1.165) is 24.8 Å². The SMILES string of the molecule is CC(CCC1CC1)Nc1ccc([N+](=O)[O-])cc1[N+](=O)[O-]. The number of rotatable bonds is 7. The minimum atomic E-state index is -0.632. The highest BCUT2D eigenvalue weighted by Gasteiger charge is 2.23. The highest BCUT2D eigenvalue weighted by Crippen LogP contribution is 2.35. The number of nitrogens with one attached hydrogen (secondary N) is 1. The second kappa shape index (κ2) is 5.85. The first-order chi connectivity index (χ1) is 9.47. The molecule has 1 fully saturated rings. The smallest absolute Gasteiger partial charge is 0.299 e. The van der Waals surface area contributed by atoms with Crippen LogP contribution in [-0.2, 0) is 0 Å². The lowest BCUT2D eigenvalue weighted by atomic mass is 10.1. The van der Waals surface area contributed by atoms with Crippen molar-refractivity contribution in [2.24, 2.45) is 5.92 Å². The van der Waals surface area contributed by atoms with Crippen molar-refractivity contribution < 1.29 is 9.85 Å². The summed E-state index contributed by atoms with van der Waals surface area (Å²) >= 11 is 0. The molecule has 1 aromatic carbocycles. The van der Waals surface area contributed by atoms with E-state index in [1.165, 1.54) is 25.0 Å². The van der Waals surface area contributed by atoms with E-state index in [-0.39, 0.29) is 17.4 Å². The van der Waals surface area contributed by atoms with Crippen LogP contribution in [-0.4, -0.2) is 15.9 Å². The lowest BCUT2D eigenvalue weighted by Crippen LogP contribution is -2.16. The molecule has 108 valence electrons. The minimum Gasteiger partial charge on any atom is -0.377 e. The van der Waals surface area contributed by atoms with Gasteiger partial charge >= 0.3 is 0 Å². The van der Waals surface area contributed by atoms with Crippen LogP contribution < -0.4 is 5.32 Å². The molecule has 0 radical (unpaired) electrons. The summed E-state index contributed by atoms with van der Waals surface area (Å²) in [5.41, 5.74) is -0.186. The van der Waals surface area contributed by atoms with Crippen molar-refractivity contribution in [1.82, 2.24) is 0 Å². The van der Waals surface area contributed by atoms with Gasteiger partial charge in [0.2, 0.25) is 0 Å². The molecule has 0 aliphatic heterocycles. The molecular formula is C13H17N3O4. The molecule has 7 nitrogen and oxygen atoms in total. The van der Waals surface area contributed by atoms with Crippen LogP contribution in [0, 0.1) is 26.1 Å². The first kappa shape index (κ1) is 14.2. The van der Waals surface area contributed by atoms with Gasteiger partial charge in [-0.3, -0.25) is 20.2 Å². The third-order valence-corrected chi connectivity index (χ3v) is 3.50. The number of nitro groups is 2. The standard InChI is InChI=1S/C13H17N3O4/c1-9(2-3-10-4-5-10)14-12-7-6-11(15(17)18)8-13(12)16(19)20/h6-10,14H,2-5H2,1H3. The lowest BCUT2D eigenvalue weighted by molar-refractivity contribution is -0.393. The largest absolute Gasteiger partial charge is 0.377 e. The van der Waals surface area contributed by atoms with E-state index in [2.05, 4.69) is 5.32 Å². The lowest BCUT2D eigenvalue weighted by Gasteiger charge is -2.14. The number of nitrogens with zero attached hydrogens (tertiary/aromatic N) is 2. The average Bonchev–Trinajstić information content (AvgIpc) is 3.20. The van der Waals surface area contributed by atoms with Gasteiger partial charge in [0.15, 0.2) is 0 Å². The molecule has 0 amide bonds. The maximum atomic E-state index is 11.0. The van der Waals surface area contributed by atoms with Crippen molar-refractivity contribution >= 4 is 17.1 Å². The summed E-state index contributed by atoms with van der Waals surface area (Å²) in [5, 5.41) is 24.7. The monoisotopic (exact) mass is 279 g/mol. The van der Waals surface area contributed by atoms with Gasteiger partial charge in [0.1, 0.15) is 5.69 Å². The molecule has 1 atom stereocenters. The van der Waals surface area contributed by atoms with Crippen molar-refractivity contribution in [1.29, 1.82) is 0 Å². The molecule has 7 heteroatoms. The Kier molecular flexibility index (Phi) is 4.16. The van der Waals surface area contributed by atoms with E-state index < -0.39 is 9.85 Å². The summed E-state index contributed by atoms with van der Waals surface area (Å²) in [5.74, 6) is 0.811. The fourth-order valence-corrected chi connectivity index (χ4v) is 2.14. The molecular weight excluding hydrogens is 262 g/mol. The summed E-state index contributed by atoms with van der Waals surface area (Å²) in [6, 6.07) is 3.79. The van der Waals surface area contributed by atoms with Gasteiger partial charge < -0.3 is 5.32 Å². The normalized spacial score (nSPS) is 15.7. The minimum absolute atomic E-state index is 0.107. The summed E-state index contributed by atoms with van der Waals surface area (Å²) in [6.07, 6.45) is 4.63. The Morgan fingerprint density at radius 2 is 2.00 bits per heavy atom. The predicted octanol–water partition coefficient (Wildman–Crippen LogP) is 3.49. The van der Waals surface area contributed by atoms with Gasteiger partial charge in [-0.2, -0.15) is 0 Å². The Balaban J connectivity index is 2.08. The molecule has 0 saturated heterocycles. The van der Waals surface area contributed by atoms with Crippen molar-refractivity contribution in [3.05, 3.63) is 38.4 Å². The molecule has 1 unspecified atom stereocenters. The van der Waals surface area contributed by atoms with Gasteiger partial charge in [0.05, 0.1) is 15.9 Å². The molecule has 1 saturated carbocycles. The fraction of sp³-hybridized carbons (Fsp3) is 0.538. The molecule has 0 aromatic heterocycles. The van der Waals surface area contributed by atoms with Crippen LogP contribution >= 0.6 is 0 Å². The molecule has 1 N–H and O–H groups in total. The Bertz CT molecular complexity index is 528. The van der Waals surface area contributed by atoms with Crippen molar-refractivity contribution in [3.63, 3.8) is 0 Å². The molecule has 20 heavy (non-hydrogen) atoms. The van der Waals surface area contributed by atoms with E-state index in [1.807, 2.05) is 6.92 Å². The van der Waals surface area contributed by atoms with Crippen molar-refractivity contribution in [2.45, 2.75) is 38.6 Å². The summed E-state index contributed by atoms with van der Waals surface area (Å²) in [4.78, 5) is 20.4. The molecule has 0 bridgehead atoms.